The van der Waals surface area contributed by atoms with Gasteiger partial charge in [0, 0.05) is 16.8 Å². The largest absolute Gasteiger partial charge is 0.466 e. The van der Waals surface area contributed by atoms with Gasteiger partial charge in [-0.2, -0.15) is 5.26 Å². The van der Waals surface area contributed by atoms with E-state index in [4.69, 9.17) is 4.74 Å². The lowest BCUT2D eigenvalue weighted by Crippen LogP contribution is -2.57. The van der Waals surface area contributed by atoms with Crippen LogP contribution in [-0.4, -0.2) is 41.1 Å². The molecule has 1 aliphatic heterocycles. The van der Waals surface area contributed by atoms with Gasteiger partial charge < -0.3 is 20.5 Å². The van der Waals surface area contributed by atoms with E-state index < -0.39 is 23.5 Å². The smallest absolute Gasteiger partial charge is 0.314 e. The predicted octanol–water partition coefficient (Wildman–Crippen LogP) is 2.07. The number of hydrogen-bond donors (Lipinski definition) is 3. The maximum absolute atomic E-state index is 12.7. The number of thiophene rings is 1. The van der Waals surface area contributed by atoms with Gasteiger partial charge in [0.2, 0.25) is 5.91 Å². The van der Waals surface area contributed by atoms with Crippen molar-refractivity contribution in [3.8, 4) is 6.07 Å². The van der Waals surface area contributed by atoms with Gasteiger partial charge in [-0.3, -0.25) is 9.59 Å². The number of nitriles is 1. The topological polar surface area (TPSA) is 111 Å². The van der Waals surface area contributed by atoms with E-state index in [9.17, 15) is 20.0 Å². The van der Waals surface area contributed by atoms with Crippen LogP contribution < -0.4 is 10.6 Å². The molecule has 1 aromatic rings. The maximum atomic E-state index is 12.7. The molecular formula is C19H23N3O4S2. The van der Waals surface area contributed by atoms with E-state index in [1.54, 1.807) is 6.92 Å². The monoisotopic (exact) mass is 421 g/mol. The molecule has 0 bridgehead atoms. The number of esters is 1. The number of ether oxygens (including phenoxy) is 1. The van der Waals surface area contributed by atoms with Gasteiger partial charge in [-0.1, -0.05) is 17.8 Å². The Bertz CT molecular complexity index is 810. The molecule has 1 aliphatic carbocycles. The highest BCUT2D eigenvalue weighted by Crippen LogP contribution is 2.46. The first kappa shape index (κ1) is 20.7. The lowest BCUT2D eigenvalue weighted by molar-refractivity contribution is -0.160. The van der Waals surface area contributed by atoms with E-state index in [1.165, 1.54) is 18.3 Å². The van der Waals surface area contributed by atoms with Gasteiger partial charge >= 0.3 is 5.97 Å². The van der Waals surface area contributed by atoms with Crippen molar-refractivity contribution in [2.75, 3.05) is 12.4 Å². The predicted molar refractivity (Wildman–Crippen MR) is 107 cm³/mol. The van der Waals surface area contributed by atoms with Crippen LogP contribution in [0.15, 0.2) is 28.1 Å². The molecule has 1 aromatic heterocycles. The third-order valence-corrected chi connectivity index (χ3v) is 6.63. The zero-order chi connectivity index (χ0) is 20.3. The Morgan fingerprint density at radius 1 is 1.54 bits per heavy atom. The molecule has 3 unspecified atom stereocenters. The van der Waals surface area contributed by atoms with Crippen LogP contribution in [-0.2, 0) is 14.3 Å². The molecule has 9 heteroatoms. The number of nitrogens with one attached hydrogen (secondary N) is 2. The molecule has 1 saturated carbocycles. The number of rotatable bonds is 7. The van der Waals surface area contributed by atoms with Crippen LogP contribution in [0.1, 0.15) is 37.5 Å². The van der Waals surface area contributed by atoms with Crippen molar-refractivity contribution in [3.63, 3.8) is 0 Å². The fourth-order valence-electron chi connectivity index (χ4n) is 3.25. The van der Waals surface area contributed by atoms with Gasteiger partial charge in [0.15, 0.2) is 0 Å². The molecule has 150 valence electrons. The van der Waals surface area contributed by atoms with E-state index in [1.807, 2.05) is 17.5 Å². The van der Waals surface area contributed by atoms with E-state index in [-0.39, 0.29) is 24.3 Å². The van der Waals surface area contributed by atoms with Crippen molar-refractivity contribution in [1.29, 1.82) is 5.26 Å². The van der Waals surface area contributed by atoms with E-state index in [2.05, 4.69) is 16.7 Å². The standard InChI is InChI=1S/C19H23N3O4S2/c1-3-26-18(24)16-15(13-5-4-8-27-13)12(9-20)17(22-19(16,2)25)28-10-14(23)21-11-6-7-11/h4-5,8,11,15-16,22,25H,3,6-7,10H2,1-2H3,(H,21,23). The van der Waals surface area contributed by atoms with Crippen molar-refractivity contribution in [2.24, 2.45) is 5.92 Å². The molecule has 3 N–H and O–H groups in total. The molecule has 1 fully saturated rings. The van der Waals surface area contributed by atoms with Gasteiger partial charge in [0.1, 0.15) is 11.6 Å². The second-order valence-electron chi connectivity index (χ2n) is 6.98. The molecule has 28 heavy (non-hydrogen) atoms. The van der Waals surface area contributed by atoms with Crippen LogP contribution in [0.2, 0.25) is 0 Å². The van der Waals surface area contributed by atoms with Gasteiger partial charge in [0.25, 0.3) is 0 Å². The summed E-state index contributed by atoms with van der Waals surface area (Å²) < 4.78 is 5.19. The highest BCUT2D eigenvalue weighted by atomic mass is 32.2. The number of hydrogen-bond acceptors (Lipinski definition) is 8. The number of carbonyl (C=O) groups is 2. The number of allylic oxidation sites excluding steroid dienone is 1. The second kappa shape index (κ2) is 8.55. The second-order valence-corrected chi connectivity index (χ2v) is 8.95. The van der Waals surface area contributed by atoms with Crippen molar-refractivity contribution in [3.05, 3.63) is 33.0 Å². The summed E-state index contributed by atoms with van der Waals surface area (Å²) in [6.45, 7) is 3.37. The Morgan fingerprint density at radius 3 is 2.86 bits per heavy atom. The SMILES string of the molecule is CCOC(=O)C1C(c2cccs2)C(C#N)=C(SCC(=O)NC2CC2)NC1(C)O. The molecule has 1 amide bonds. The Hall–Kier alpha value is -2.02. The van der Waals surface area contributed by atoms with Crippen molar-refractivity contribution >= 4 is 35.0 Å². The van der Waals surface area contributed by atoms with Crippen LogP contribution in [0.25, 0.3) is 0 Å². The van der Waals surface area contributed by atoms with E-state index >= 15 is 0 Å². The fraction of sp³-hybridized carbons (Fsp3) is 0.526. The quantitative estimate of drug-likeness (QED) is 0.578. The summed E-state index contributed by atoms with van der Waals surface area (Å²) >= 11 is 2.58. The minimum Gasteiger partial charge on any atom is -0.466 e. The average molecular weight is 422 g/mol. The number of thioether (sulfide) groups is 1. The van der Waals surface area contributed by atoms with Gasteiger partial charge in [-0.05, 0) is 38.1 Å². The Morgan fingerprint density at radius 2 is 2.29 bits per heavy atom. The summed E-state index contributed by atoms with van der Waals surface area (Å²) in [5.74, 6) is -2.18. The summed E-state index contributed by atoms with van der Waals surface area (Å²) in [6, 6.07) is 6.12. The number of carbonyl (C=O) groups excluding carboxylic acids is 2. The average Bonchev–Trinajstić information content (AvgIpc) is 3.28. The number of aliphatic hydroxyl groups is 1. The highest BCUT2D eigenvalue weighted by Gasteiger charge is 2.51. The molecule has 0 spiro atoms. The van der Waals surface area contributed by atoms with Gasteiger partial charge in [-0.25, -0.2) is 0 Å². The van der Waals surface area contributed by atoms with Crippen LogP contribution in [0.3, 0.4) is 0 Å². The molecule has 3 atom stereocenters. The Balaban J connectivity index is 1.93. The summed E-state index contributed by atoms with van der Waals surface area (Å²) in [4.78, 5) is 25.5. The van der Waals surface area contributed by atoms with Crippen LogP contribution in [0.4, 0.5) is 0 Å². The summed E-state index contributed by atoms with van der Waals surface area (Å²) in [5.41, 5.74) is -1.30. The van der Waals surface area contributed by atoms with Gasteiger partial charge in [-0.15, -0.1) is 11.3 Å². The van der Waals surface area contributed by atoms with Crippen molar-refractivity contribution in [1.82, 2.24) is 10.6 Å². The van der Waals surface area contributed by atoms with E-state index in [0.29, 0.717) is 10.6 Å². The van der Waals surface area contributed by atoms with Gasteiger partial charge in [0.05, 0.1) is 29.0 Å². The molecule has 2 aliphatic rings. The number of amides is 1. The van der Waals surface area contributed by atoms with E-state index in [0.717, 1.165) is 29.5 Å². The zero-order valence-electron chi connectivity index (χ0n) is 15.7. The summed E-state index contributed by atoms with van der Waals surface area (Å²) in [6.07, 6.45) is 1.99. The first-order valence-corrected chi connectivity index (χ1v) is 11.0. The molecule has 7 nitrogen and oxygen atoms in total. The number of nitrogens with zero attached hydrogens (tertiary/aromatic N) is 1. The van der Waals surface area contributed by atoms with Crippen molar-refractivity contribution in [2.45, 2.75) is 44.4 Å². The minimum atomic E-state index is -1.63. The normalized spacial score (nSPS) is 26.9. The summed E-state index contributed by atoms with van der Waals surface area (Å²) in [5, 5.41) is 29.0. The third-order valence-electron chi connectivity index (χ3n) is 4.66. The first-order chi connectivity index (χ1) is 13.4. The molecule has 2 heterocycles. The molecule has 3 rings (SSSR count). The third kappa shape index (κ3) is 4.51. The molecular weight excluding hydrogens is 398 g/mol. The molecule has 0 radical (unpaired) electrons. The maximum Gasteiger partial charge on any atom is 0.314 e. The fourth-order valence-corrected chi connectivity index (χ4v) is 5.09. The van der Waals surface area contributed by atoms with Crippen LogP contribution in [0, 0.1) is 17.2 Å². The minimum absolute atomic E-state index is 0.112. The Labute approximate surface area is 172 Å². The summed E-state index contributed by atoms with van der Waals surface area (Å²) in [7, 11) is 0. The zero-order valence-corrected chi connectivity index (χ0v) is 17.4. The van der Waals surface area contributed by atoms with Crippen molar-refractivity contribution < 1.29 is 19.4 Å². The van der Waals surface area contributed by atoms with Crippen LogP contribution >= 0.6 is 23.1 Å². The Kier molecular flexibility index (Phi) is 6.33. The van der Waals surface area contributed by atoms with Crippen LogP contribution in [0.5, 0.6) is 0 Å². The molecule has 0 aromatic carbocycles. The lowest BCUT2D eigenvalue weighted by atomic mass is 9.76. The lowest BCUT2D eigenvalue weighted by Gasteiger charge is -2.42. The highest BCUT2D eigenvalue weighted by molar-refractivity contribution is 8.03. The first-order valence-electron chi connectivity index (χ1n) is 9.14. The molecule has 0 saturated heterocycles.